The molecule has 1 aliphatic rings. The van der Waals surface area contributed by atoms with E-state index in [0.717, 1.165) is 36.1 Å². The predicted octanol–water partition coefficient (Wildman–Crippen LogP) is 2.93. The highest BCUT2D eigenvalue weighted by molar-refractivity contribution is 6.31. The summed E-state index contributed by atoms with van der Waals surface area (Å²) in [6.45, 7) is 0.0985. The quantitative estimate of drug-likeness (QED) is 0.690. The van der Waals surface area contributed by atoms with Gasteiger partial charge in [-0.15, -0.1) is 0 Å². The van der Waals surface area contributed by atoms with E-state index in [2.05, 4.69) is 4.98 Å². The van der Waals surface area contributed by atoms with Gasteiger partial charge in [-0.25, -0.2) is 14.2 Å². The number of aromatic nitrogens is 4. The lowest BCUT2D eigenvalue weighted by atomic mass is 10.1. The van der Waals surface area contributed by atoms with Gasteiger partial charge in [-0.3, -0.25) is 13.9 Å². The minimum atomic E-state index is -0.433. The van der Waals surface area contributed by atoms with Crippen LogP contribution in [0.15, 0.2) is 27.8 Å². The highest BCUT2D eigenvalue weighted by Gasteiger charge is 2.27. The van der Waals surface area contributed by atoms with Crippen LogP contribution < -0.4 is 11.2 Å². The minimum Gasteiger partial charge on any atom is -0.317 e. The third kappa shape index (κ3) is 2.81. The van der Waals surface area contributed by atoms with E-state index in [-0.39, 0.29) is 12.5 Å². The summed E-state index contributed by atoms with van der Waals surface area (Å²) in [6, 6.07) is 4.53. The lowest BCUT2D eigenvalue weighted by Gasteiger charge is -2.15. The van der Waals surface area contributed by atoms with Gasteiger partial charge in [0.05, 0.1) is 6.54 Å². The fourth-order valence-electron chi connectivity index (χ4n) is 3.96. The van der Waals surface area contributed by atoms with Crippen LogP contribution in [0, 0.1) is 5.82 Å². The molecule has 142 valence electrons. The van der Waals surface area contributed by atoms with Crippen molar-refractivity contribution in [2.24, 2.45) is 14.1 Å². The third-order valence-corrected chi connectivity index (χ3v) is 5.83. The molecule has 27 heavy (non-hydrogen) atoms. The molecule has 6 nitrogen and oxygen atoms in total. The van der Waals surface area contributed by atoms with Gasteiger partial charge in [-0.2, -0.15) is 0 Å². The second kappa shape index (κ2) is 6.64. The molecule has 0 amide bonds. The topological polar surface area (TPSA) is 61.8 Å². The summed E-state index contributed by atoms with van der Waals surface area (Å²) in [4.78, 5) is 29.8. The highest BCUT2D eigenvalue weighted by Crippen LogP contribution is 2.35. The number of rotatable bonds is 3. The van der Waals surface area contributed by atoms with Crippen LogP contribution in [-0.4, -0.2) is 18.7 Å². The Morgan fingerprint density at radius 1 is 1.19 bits per heavy atom. The summed E-state index contributed by atoms with van der Waals surface area (Å²) in [7, 11) is 3.03. The monoisotopic (exact) mass is 390 g/mol. The summed E-state index contributed by atoms with van der Waals surface area (Å²) < 4.78 is 18.6. The first kappa shape index (κ1) is 18.0. The molecule has 0 unspecified atom stereocenters. The molecule has 0 saturated heterocycles. The molecule has 2 heterocycles. The zero-order valence-electron chi connectivity index (χ0n) is 15.2. The second-order valence-corrected chi connectivity index (χ2v) is 7.52. The molecule has 8 heteroatoms. The molecule has 1 aromatic carbocycles. The van der Waals surface area contributed by atoms with Crippen molar-refractivity contribution < 1.29 is 4.39 Å². The van der Waals surface area contributed by atoms with Gasteiger partial charge in [-0.1, -0.05) is 30.5 Å². The van der Waals surface area contributed by atoms with Crippen molar-refractivity contribution in [2.45, 2.75) is 38.1 Å². The average molecular weight is 391 g/mol. The van der Waals surface area contributed by atoms with Crippen molar-refractivity contribution in [2.75, 3.05) is 0 Å². The maximum absolute atomic E-state index is 14.4. The number of hydrogen-bond acceptors (Lipinski definition) is 3. The smallest absolute Gasteiger partial charge is 0.317 e. The van der Waals surface area contributed by atoms with E-state index in [4.69, 9.17) is 11.6 Å². The number of benzene rings is 1. The van der Waals surface area contributed by atoms with E-state index in [1.807, 2.05) is 0 Å². The van der Waals surface area contributed by atoms with Crippen LogP contribution in [-0.2, 0) is 20.6 Å². The van der Waals surface area contributed by atoms with Crippen LogP contribution >= 0.6 is 11.6 Å². The fourth-order valence-corrected chi connectivity index (χ4v) is 4.18. The predicted molar refractivity (Wildman–Crippen MR) is 102 cm³/mol. The van der Waals surface area contributed by atoms with E-state index in [0.29, 0.717) is 21.7 Å². The van der Waals surface area contributed by atoms with Gasteiger partial charge in [0.25, 0.3) is 5.56 Å². The molecule has 0 aliphatic heterocycles. The van der Waals surface area contributed by atoms with Crippen molar-refractivity contribution in [1.29, 1.82) is 0 Å². The number of halogens is 2. The number of imidazole rings is 1. The van der Waals surface area contributed by atoms with Gasteiger partial charge in [0.1, 0.15) is 11.6 Å². The van der Waals surface area contributed by atoms with Gasteiger partial charge < -0.3 is 4.57 Å². The Morgan fingerprint density at radius 3 is 2.56 bits per heavy atom. The molecule has 0 N–H and O–H groups in total. The first-order valence-electron chi connectivity index (χ1n) is 8.99. The lowest BCUT2D eigenvalue weighted by Crippen LogP contribution is -2.37. The molecule has 0 spiro atoms. The maximum atomic E-state index is 14.4. The van der Waals surface area contributed by atoms with Gasteiger partial charge in [0.2, 0.25) is 0 Å². The Balaban J connectivity index is 2.03. The molecule has 0 atom stereocenters. The van der Waals surface area contributed by atoms with Crippen LogP contribution in [0.1, 0.15) is 43.0 Å². The van der Waals surface area contributed by atoms with Crippen LogP contribution in [0.5, 0.6) is 0 Å². The van der Waals surface area contributed by atoms with E-state index in [9.17, 15) is 14.0 Å². The number of hydrogen-bond donors (Lipinski definition) is 0. The molecule has 2 aromatic heterocycles. The van der Waals surface area contributed by atoms with Crippen LogP contribution in [0.4, 0.5) is 4.39 Å². The Hall–Kier alpha value is -2.41. The highest BCUT2D eigenvalue weighted by atomic mass is 35.5. The zero-order valence-corrected chi connectivity index (χ0v) is 16.0. The van der Waals surface area contributed by atoms with Gasteiger partial charge in [-0.05, 0) is 25.0 Å². The molecular formula is C19H20ClFN4O2. The zero-order chi connectivity index (χ0) is 19.3. The first-order chi connectivity index (χ1) is 12.9. The molecule has 0 radical (unpaired) electrons. The second-order valence-electron chi connectivity index (χ2n) is 7.12. The molecule has 1 saturated carbocycles. The van der Waals surface area contributed by atoms with Crippen LogP contribution in [0.2, 0.25) is 5.02 Å². The Morgan fingerprint density at radius 2 is 1.89 bits per heavy atom. The number of nitrogens with zero attached hydrogens (tertiary/aromatic N) is 4. The largest absolute Gasteiger partial charge is 0.332 e. The molecule has 4 rings (SSSR count). The summed E-state index contributed by atoms with van der Waals surface area (Å²) in [5.41, 5.74) is 0.0863. The van der Waals surface area contributed by atoms with Gasteiger partial charge >= 0.3 is 5.69 Å². The number of aryl methyl sites for hydroxylation is 1. The van der Waals surface area contributed by atoms with Crippen molar-refractivity contribution in [1.82, 2.24) is 18.7 Å². The van der Waals surface area contributed by atoms with E-state index >= 15 is 0 Å². The van der Waals surface area contributed by atoms with Crippen molar-refractivity contribution in [3.05, 3.63) is 61.3 Å². The minimum absolute atomic E-state index is 0.0985. The fraction of sp³-hybridized carbons (Fsp3) is 0.421. The SMILES string of the molecule is Cn1c(=O)c2c(nc(C3CCCC3)n2Cc2c(F)cccc2Cl)n(C)c1=O. The normalized spacial score (nSPS) is 15.1. The van der Waals surface area contributed by atoms with Gasteiger partial charge in [0.15, 0.2) is 11.2 Å². The van der Waals surface area contributed by atoms with E-state index in [1.165, 1.54) is 17.7 Å². The van der Waals surface area contributed by atoms with E-state index in [1.54, 1.807) is 23.7 Å². The van der Waals surface area contributed by atoms with Crippen molar-refractivity contribution in [3.8, 4) is 0 Å². The van der Waals surface area contributed by atoms with Gasteiger partial charge in [0, 0.05) is 30.6 Å². The Labute approximate surface area is 159 Å². The van der Waals surface area contributed by atoms with E-state index < -0.39 is 17.1 Å². The first-order valence-corrected chi connectivity index (χ1v) is 9.37. The summed E-state index contributed by atoms with van der Waals surface area (Å²) >= 11 is 6.22. The van der Waals surface area contributed by atoms with Crippen molar-refractivity contribution in [3.63, 3.8) is 0 Å². The lowest BCUT2D eigenvalue weighted by molar-refractivity contribution is 0.580. The molecule has 1 fully saturated rings. The molecule has 0 bridgehead atoms. The Kier molecular flexibility index (Phi) is 4.42. The standard InChI is InChI=1S/C19H20ClFN4O2/c1-23-17-15(18(26)24(2)19(23)27)25(16(22-17)11-6-3-4-7-11)10-12-13(20)8-5-9-14(12)21/h5,8-9,11H,3-4,6-7,10H2,1-2H3. The Bertz CT molecular complexity index is 1130. The average Bonchev–Trinajstić information content (AvgIpc) is 3.29. The van der Waals surface area contributed by atoms with Crippen molar-refractivity contribution >= 4 is 22.8 Å². The number of fused-ring (bicyclic) bond motifs is 1. The summed E-state index contributed by atoms with van der Waals surface area (Å²) in [5.74, 6) is 0.478. The molecular weight excluding hydrogens is 371 g/mol. The van der Waals surface area contributed by atoms with Crippen LogP contribution in [0.25, 0.3) is 11.2 Å². The molecule has 1 aliphatic carbocycles. The van der Waals surface area contributed by atoms with Crippen LogP contribution in [0.3, 0.4) is 0 Å². The third-order valence-electron chi connectivity index (χ3n) is 5.48. The summed E-state index contributed by atoms with van der Waals surface area (Å²) in [6.07, 6.45) is 4.10. The maximum Gasteiger partial charge on any atom is 0.332 e. The molecule has 3 aromatic rings. The summed E-state index contributed by atoms with van der Waals surface area (Å²) in [5, 5.41) is 0.302.